The van der Waals surface area contributed by atoms with Crippen LogP contribution in [0.2, 0.25) is 0 Å². The number of H-pyrrole nitrogens is 1. The van der Waals surface area contributed by atoms with E-state index in [1.54, 1.807) is 28.0 Å². The van der Waals surface area contributed by atoms with E-state index in [9.17, 15) is 9.90 Å². The molecule has 0 unspecified atom stereocenters. The van der Waals surface area contributed by atoms with E-state index >= 15 is 0 Å². The van der Waals surface area contributed by atoms with Crippen LogP contribution in [-0.4, -0.2) is 19.6 Å². The lowest BCUT2D eigenvalue weighted by Crippen LogP contribution is -2.16. The second kappa shape index (κ2) is 7.31. The number of nitrogens with one attached hydrogen (secondary N) is 1. The Labute approximate surface area is 177 Å². The molecule has 0 fully saturated rings. The van der Waals surface area contributed by atoms with Crippen LogP contribution in [0.15, 0.2) is 76.3 Å². The normalized spacial score (nSPS) is 11.2. The molecule has 148 valence electrons. The van der Waals surface area contributed by atoms with Crippen molar-refractivity contribution in [3.63, 3.8) is 0 Å². The van der Waals surface area contributed by atoms with Gasteiger partial charge in [0, 0.05) is 23.6 Å². The summed E-state index contributed by atoms with van der Waals surface area (Å²) in [7, 11) is 0. The summed E-state index contributed by atoms with van der Waals surface area (Å²) >= 11 is 1.60. The largest absolute Gasteiger partial charge is 0.508 e. The number of aromatic nitrogens is 3. The van der Waals surface area contributed by atoms with E-state index in [0.717, 1.165) is 28.1 Å². The van der Waals surface area contributed by atoms with Crippen molar-refractivity contribution in [2.45, 2.75) is 13.3 Å². The van der Waals surface area contributed by atoms with Crippen molar-refractivity contribution in [1.29, 1.82) is 0 Å². The van der Waals surface area contributed by atoms with E-state index in [1.807, 2.05) is 47.3 Å². The molecule has 3 heterocycles. The van der Waals surface area contributed by atoms with Gasteiger partial charge >= 0.3 is 0 Å². The van der Waals surface area contributed by atoms with E-state index < -0.39 is 0 Å². The van der Waals surface area contributed by atoms with Gasteiger partial charge in [-0.2, -0.15) is 11.3 Å². The van der Waals surface area contributed by atoms with Crippen molar-refractivity contribution in [2.24, 2.45) is 0 Å². The van der Waals surface area contributed by atoms with Gasteiger partial charge in [-0.05, 0) is 41.6 Å². The van der Waals surface area contributed by atoms with Crippen LogP contribution >= 0.6 is 11.3 Å². The van der Waals surface area contributed by atoms with Gasteiger partial charge in [-0.1, -0.05) is 42.0 Å². The average Bonchev–Trinajstić information content (AvgIpc) is 3.39. The van der Waals surface area contributed by atoms with Crippen LogP contribution in [0.25, 0.3) is 28.3 Å². The first-order valence-electron chi connectivity index (χ1n) is 9.60. The zero-order valence-electron chi connectivity index (χ0n) is 16.3. The first kappa shape index (κ1) is 18.4. The monoisotopic (exact) mass is 413 g/mol. The molecule has 6 heteroatoms. The molecule has 0 bridgehead atoms. The average molecular weight is 414 g/mol. The van der Waals surface area contributed by atoms with Crippen LogP contribution in [0.5, 0.6) is 5.75 Å². The molecule has 30 heavy (non-hydrogen) atoms. The van der Waals surface area contributed by atoms with Gasteiger partial charge < -0.3 is 10.1 Å². The highest BCUT2D eigenvalue weighted by Gasteiger charge is 2.21. The van der Waals surface area contributed by atoms with E-state index in [4.69, 9.17) is 4.98 Å². The Hall–Kier alpha value is -3.64. The summed E-state index contributed by atoms with van der Waals surface area (Å²) in [5.74, 6) is 0.816. The van der Waals surface area contributed by atoms with Gasteiger partial charge in [0.2, 0.25) is 0 Å². The zero-order chi connectivity index (χ0) is 20.7. The highest BCUT2D eigenvalue weighted by molar-refractivity contribution is 7.08. The van der Waals surface area contributed by atoms with Gasteiger partial charge in [0.1, 0.15) is 11.4 Å². The Morgan fingerprint density at radius 2 is 1.80 bits per heavy atom. The lowest BCUT2D eigenvalue weighted by molar-refractivity contribution is 0.475. The Morgan fingerprint density at radius 1 is 1.03 bits per heavy atom. The van der Waals surface area contributed by atoms with Crippen LogP contribution in [0.1, 0.15) is 16.8 Å². The van der Waals surface area contributed by atoms with Gasteiger partial charge in [0.05, 0.1) is 11.4 Å². The summed E-state index contributed by atoms with van der Waals surface area (Å²) in [6.07, 6.45) is 2.23. The predicted molar refractivity (Wildman–Crippen MR) is 120 cm³/mol. The number of hydrogen-bond donors (Lipinski definition) is 2. The zero-order valence-corrected chi connectivity index (χ0v) is 17.1. The smallest absolute Gasteiger partial charge is 0.278 e. The van der Waals surface area contributed by atoms with Crippen LogP contribution in [0.3, 0.4) is 0 Å². The predicted octanol–water partition coefficient (Wildman–Crippen LogP) is 5.00. The molecule has 2 aliphatic heterocycles. The van der Waals surface area contributed by atoms with Gasteiger partial charge in [-0.25, -0.2) is 4.98 Å². The van der Waals surface area contributed by atoms with E-state index in [-0.39, 0.29) is 11.3 Å². The molecule has 0 aliphatic carbocycles. The van der Waals surface area contributed by atoms with Crippen LogP contribution < -0.4 is 5.56 Å². The summed E-state index contributed by atoms with van der Waals surface area (Å²) in [5.41, 5.74) is 6.14. The molecule has 5 nitrogen and oxygen atoms in total. The molecule has 2 N–H and O–H groups in total. The lowest BCUT2D eigenvalue weighted by atomic mass is 10.1. The maximum absolute atomic E-state index is 13.2. The van der Waals surface area contributed by atoms with Crippen molar-refractivity contribution in [3.05, 3.63) is 98.7 Å². The number of phenols is 1. The van der Waals surface area contributed by atoms with Crippen LogP contribution in [-0.2, 0) is 6.42 Å². The summed E-state index contributed by atoms with van der Waals surface area (Å²) in [6.45, 7) is 2.05. The number of aromatic amines is 1. The molecule has 2 aliphatic rings. The SMILES string of the molecule is Cc1ccc(-c2cn3c(=O)c(Cc4ccc(O)cc4)nc-3c(-c3ccsc3)[nH]2)cc1. The van der Waals surface area contributed by atoms with E-state index in [2.05, 4.69) is 24.0 Å². The fourth-order valence-electron chi connectivity index (χ4n) is 3.52. The molecular weight excluding hydrogens is 394 g/mol. The lowest BCUT2D eigenvalue weighted by Gasteiger charge is -2.12. The number of benzene rings is 2. The molecule has 1 aromatic heterocycles. The fourth-order valence-corrected chi connectivity index (χ4v) is 4.17. The minimum absolute atomic E-state index is 0.128. The Balaban J connectivity index is 1.68. The maximum atomic E-state index is 13.2. The van der Waals surface area contributed by atoms with Crippen molar-refractivity contribution < 1.29 is 5.11 Å². The third kappa shape index (κ3) is 3.31. The summed E-state index contributed by atoms with van der Waals surface area (Å²) in [5, 5.41) is 13.6. The molecule has 0 radical (unpaired) electrons. The molecule has 0 saturated carbocycles. The standard InChI is InChI=1S/C24H19N3O2S/c1-15-2-6-17(7-3-15)21-13-27-23(22(25-21)18-10-11-30-14-18)26-20(24(27)29)12-16-4-8-19(28)9-5-16/h2-11,13-14,25,28H,12H2,1H3. The van der Waals surface area contributed by atoms with Gasteiger partial charge in [0.25, 0.3) is 5.56 Å². The summed E-state index contributed by atoms with van der Waals surface area (Å²) in [4.78, 5) is 21.4. The summed E-state index contributed by atoms with van der Waals surface area (Å²) in [6, 6.07) is 17.1. The minimum atomic E-state index is -0.128. The molecule has 0 atom stereocenters. The highest BCUT2D eigenvalue weighted by atomic mass is 32.1. The number of thiophene rings is 1. The topological polar surface area (TPSA) is 70.9 Å². The van der Waals surface area contributed by atoms with Gasteiger partial charge in [0.15, 0.2) is 5.82 Å². The maximum Gasteiger partial charge on any atom is 0.278 e. The number of fused-ring (bicyclic) bond motifs is 1. The fraction of sp³-hybridized carbons (Fsp3) is 0.0833. The molecule has 0 saturated heterocycles. The first-order chi connectivity index (χ1) is 14.6. The number of hydrogen-bond acceptors (Lipinski definition) is 4. The third-order valence-electron chi connectivity index (χ3n) is 5.16. The Kier molecular flexibility index (Phi) is 4.48. The molecule has 5 rings (SSSR count). The van der Waals surface area contributed by atoms with Crippen molar-refractivity contribution in [2.75, 3.05) is 0 Å². The van der Waals surface area contributed by atoms with Crippen molar-refractivity contribution >= 4 is 11.3 Å². The van der Waals surface area contributed by atoms with E-state index in [1.165, 1.54) is 5.56 Å². The minimum Gasteiger partial charge on any atom is -0.508 e. The molecular formula is C24H19N3O2S. The highest BCUT2D eigenvalue weighted by Crippen LogP contribution is 2.30. The van der Waals surface area contributed by atoms with Crippen molar-refractivity contribution in [3.8, 4) is 34.1 Å². The second-order valence-electron chi connectivity index (χ2n) is 7.32. The van der Waals surface area contributed by atoms with Gasteiger partial charge in [-0.15, -0.1) is 0 Å². The number of imidazole rings is 1. The Morgan fingerprint density at radius 3 is 2.50 bits per heavy atom. The number of aryl methyl sites for hydroxylation is 1. The number of nitrogens with zero attached hydrogens (tertiary/aromatic N) is 2. The Bertz CT molecular complexity index is 1330. The second-order valence-corrected chi connectivity index (χ2v) is 8.10. The first-order valence-corrected chi connectivity index (χ1v) is 10.5. The van der Waals surface area contributed by atoms with E-state index in [0.29, 0.717) is 17.9 Å². The van der Waals surface area contributed by atoms with Crippen molar-refractivity contribution in [1.82, 2.24) is 14.5 Å². The molecule has 2 aromatic carbocycles. The van der Waals surface area contributed by atoms with Crippen LogP contribution in [0, 0.1) is 6.92 Å². The quantitative estimate of drug-likeness (QED) is 0.436. The third-order valence-corrected chi connectivity index (χ3v) is 5.84. The summed E-state index contributed by atoms with van der Waals surface area (Å²) < 4.78 is 1.63. The molecule has 0 amide bonds. The molecule has 0 spiro atoms. The van der Waals surface area contributed by atoms with Gasteiger partial charge in [-0.3, -0.25) is 9.36 Å². The number of aromatic hydroxyl groups is 1. The van der Waals surface area contributed by atoms with Crippen LogP contribution in [0.4, 0.5) is 0 Å². The number of phenolic OH excluding ortho intramolecular Hbond substituents is 1. The number of rotatable bonds is 4. The molecule has 3 aromatic rings.